The molecule has 0 aliphatic heterocycles. The number of hydrogen-bond acceptors (Lipinski definition) is 4. The fourth-order valence-corrected chi connectivity index (χ4v) is 0.470. The normalized spacial score (nSPS) is 10.8. The van der Waals surface area contributed by atoms with Crippen LogP contribution in [0.5, 0.6) is 0 Å². The van der Waals surface area contributed by atoms with E-state index in [0.29, 0.717) is 0 Å². The average Bonchev–Trinajstić information content (AvgIpc) is 1.67. The first-order chi connectivity index (χ1) is 3.62. The number of hydrogen-bond donors (Lipinski definition) is 2. The lowest BCUT2D eigenvalue weighted by molar-refractivity contribution is 0.282. The van der Waals surface area contributed by atoms with Crippen LogP contribution < -0.4 is 0 Å². The molecule has 0 amide bonds. The van der Waals surface area contributed by atoms with E-state index in [1.807, 2.05) is 0 Å². The van der Waals surface area contributed by atoms with Crippen LogP contribution in [-0.4, -0.2) is 23.1 Å². The molecule has 0 heterocycles. The number of nitrogens with zero attached hydrogens (tertiary/aromatic N) is 1. The fraction of sp³-hybridized carbons (Fsp3) is 0.667. The van der Waals surface area contributed by atoms with Crippen molar-refractivity contribution in [3.05, 3.63) is 0 Å². The Kier molecular flexibility index (Phi) is 2.88. The summed E-state index contributed by atoms with van der Waals surface area (Å²) in [5, 5.41) is 7.91. The van der Waals surface area contributed by atoms with Crippen molar-refractivity contribution in [1.29, 1.82) is 5.26 Å². The summed E-state index contributed by atoms with van der Waals surface area (Å²) in [5.74, 6) is 0. The van der Waals surface area contributed by atoms with Crippen LogP contribution in [0.2, 0.25) is 0 Å². The van der Waals surface area contributed by atoms with E-state index in [-0.39, 0.29) is 6.16 Å². The van der Waals surface area contributed by atoms with Crippen molar-refractivity contribution >= 4 is 7.94 Å². The molecular formula is C3H7NO3P+. The van der Waals surface area contributed by atoms with E-state index < -0.39 is 7.94 Å². The van der Waals surface area contributed by atoms with Gasteiger partial charge in [-0.3, -0.25) is 0 Å². The third-order valence-corrected chi connectivity index (χ3v) is 1.71. The highest BCUT2D eigenvalue weighted by Gasteiger charge is 2.32. The molecule has 0 saturated heterocycles. The molecule has 2 N–H and O–H groups in total. The molecule has 46 valence electrons. The van der Waals surface area contributed by atoms with E-state index in [9.17, 15) is 0 Å². The average molecular weight is 136 g/mol. The van der Waals surface area contributed by atoms with Crippen molar-refractivity contribution in [3.63, 3.8) is 0 Å². The Labute approximate surface area is 47.9 Å². The predicted octanol–water partition coefficient (Wildman–Crippen LogP) is -0.0964. The van der Waals surface area contributed by atoms with Gasteiger partial charge in [0.25, 0.3) is 0 Å². The molecule has 0 atom stereocenters. The van der Waals surface area contributed by atoms with Gasteiger partial charge in [0.1, 0.15) is 6.07 Å². The summed E-state index contributed by atoms with van der Waals surface area (Å²) < 4.78 is 4.18. The topological polar surface area (TPSA) is 73.5 Å². The van der Waals surface area contributed by atoms with E-state index >= 15 is 0 Å². The number of rotatable bonds is 2. The first kappa shape index (κ1) is 7.80. The first-order valence-electron chi connectivity index (χ1n) is 1.88. The molecule has 5 heteroatoms. The second kappa shape index (κ2) is 2.95. The SMILES string of the molecule is CO[P+](O)(O)CC#N. The zero-order valence-corrected chi connectivity index (χ0v) is 5.30. The van der Waals surface area contributed by atoms with Crippen LogP contribution in [0.1, 0.15) is 0 Å². The van der Waals surface area contributed by atoms with Crippen molar-refractivity contribution in [3.8, 4) is 6.07 Å². The zero-order chi connectivity index (χ0) is 6.62. The molecule has 0 aliphatic rings. The van der Waals surface area contributed by atoms with Crippen LogP contribution in [0.3, 0.4) is 0 Å². The van der Waals surface area contributed by atoms with Crippen molar-refractivity contribution < 1.29 is 14.3 Å². The molecular weight excluding hydrogens is 129 g/mol. The maximum atomic E-state index is 8.55. The van der Waals surface area contributed by atoms with Crippen molar-refractivity contribution in [2.45, 2.75) is 0 Å². The maximum absolute atomic E-state index is 8.55. The molecule has 0 saturated carbocycles. The minimum absolute atomic E-state index is 0.330. The summed E-state index contributed by atoms with van der Waals surface area (Å²) in [6, 6.07) is 1.58. The van der Waals surface area contributed by atoms with Gasteiger partial charge in [-0.1, -0.05) is 0 Å². The van der Waals surface area contributed by atoms with Gasteiger partial charge in [0, 0.05) is 0 Å². The van der Waals surface area contributed by atoms with Gasteiger partial charge in [-0.2, -0.15) is 19.6 Å². The number of nitriles is 1. The lowest BCUT2D eigenvalue weighted by atomic mass is 10.9. The molecule has 0 fully saturated rings. The Bertz CT molecular complexity index is 108. The third-order valence-electron chi connectivity index (χ3n) is 0.569. The second-order valence-corrected chi connectivity index (χ2v) is 3.17. The summed E-state index contributed by atoms with van der Waals surface area (Å²) in [7, 11) is -2.13. The maximum Gasteiger partial charge on any atom is 0.420 e. The Balaban J connectivity index is 3.58. The molecule has 0 spiro atoms. The summed E-state index contributed by atoms with van der Waals surface area (Å²) >= 11 is 0. The smallest absolute Gasteiger partial charge is 0.194 e. The molecule has 0 radical (unpaired) electrons. The minimum atomic E-state index is -3.28. The molecule has 0 aliphatic carbocycles. The van der Waals surface area contributed by atoms with Gasteiger partial charge in [-0.15, -0.1) is 0 Å². The Morgan fingerprint density at radius 1 is 1.75 bits per heavy atom. The molecule has 0 aromatic heterocycles. The van der Waals surface area contributed by atoms with Gasteiger partial charge in [0.2, 0.25) is 6.16 Å². The van der Waals surface area contributed by atoms with Gasteiger partial charge >= 0.3 is 7.94 Å². The van der Waals surface area contributed by atoms with E-state index in [2.05, 4.69) is 4.52 Å². The van der Waals surface area contributed by atoms with E-state index in [1.165, 1.54) is 0 Å². The highest BCUT2D eigenvalue weighted by atomic mass is 31.2. The monoisotopic (exact) mass is 136 g/mol. The van der Waals surface area contributed by atoms with Crippen molar-refractivity contribution in [1.82, 2.24) is 0 Å². The molecule has 0 bridgehead atoms. The highest BCUT2D eigenvalue weighted by molar-refractivity contribution is 7.59. The van der Waals surface area contributed by atoms with Crippen LogP contribution in [0.4, 0.5) is 0 Å². The Hall–Kier alpha value is -0.200. The summed E-state index contributed by atoms with van der Waals surface area (Å²) in [6.07, 6.45) is -0.330. The third kappa shape index (κ3) is 2.89. The Morgan fingerprint density at radius 3 is 2.38 bits per heavy atom. The zero-order valence-electron chi connectivity index (χ0n) is 4.40. The lowest BCUT2D eigenvalue weighted by Crippen LogP contribution is -1.95. The van der Waals surface area contributed by atoms with Crippen molar-refractivity contribution in [2.24, 2.45) is 0 Å². The van der Waals surface area contributed by atoms with Crippen LogP contribution in [0, 0.1) is 11.3 Å². The summed E-state index contributed by atoms with van der Waals surface area (Å²) in [5.41, 5.74) is 0. The largest absolute Gasteiger partial charge is 0.420 e. The minimum Gasteiger partial charge on any atom is -0.194 e. The molecule has 0 rings (SSSR count). The van der Waals surface area contributed by atoms with Crippen LogP contribution in [0.15, 0.2) is 0 Å². The van der Waals surface area contributed by atoms with E-state index in [1.54, 1.807) is 6.07 Å². The summed E-state index contributed by atoms with van der Waals surface area (Å²) in [4.78, 5) is 17.1. The van der Waals surface area contributed by atoms with Gasteiger partial charge in [0.05, 0.1) is 7.11 Å². The van der Waals surface area contributed by atoms with Crippen LogP contribution >= 0.6 is 7.94 Å². The summed E-state index contributed by atoms with van der Waals surface area (Å²) in [6.45, 7) is 0. The Morgan fingerprint density at radius 2 is 2.25 bits per heavy atom. The molecule has 0 unspecified atom stereocenters. The van der Waals surface area contributed by atoms with Gasteiger partial charge < -0.3 is 0 Å². The van der Waals surface area contributed by atoms with Crippen molar-refractivity contribution in [2.75, 3.05) is 13.3 Å². The quantitative estimate of drug-likeness (QED) is 0.520. The fourth-order valence-electron chi connectivity index (χ4n) is 0.157. The molecule has 0 aromatic carbocycles. The highest BCUT2D eigenvalue weighted by Crippen LogP contribution is 2.49. The van der Waals surface area contributed by atoms with Gasteiger partial charge in [-0.05, 0) is 0 Å². The second-order valence-electron chi connectivity index (χ2n) is 1.16. The van der Waals surface area contributed by atoms with Crippen LogP contribution in [0.25, 0.3) is 0 Å². The molecule has 4 nitrogen and oxygen atoms in total. The van der Waals surface area contributed by atoms with Crippen LogP contribution in [-0.2, 0) is 4.52 Å². The predicted molar refractivity (Wildman–Crippen MR) is 28.8 cm³/mol. The van der Waals surface area contributed by atoms with Gasteiger partial charge in [-0.25, -0.2) is 0 Å². The van der Waals surface area contributed by atoms with E-state index in [4.69, 9.17) is 15.0 Å². The van der Waals surface area contributed by atoms with Gasteiger partial charge in [0.15, 0.2) is 0 Å². The standard InChI is InChI=1S/C3H7NO3P/c1-7-8(5,6)3-2-4/h5-6H,3H2,1H3/q+1. The van der Waals surface area contributed by atoms with E-state index in [0.717, 1.165) is 7.11 Å². The molecule has 8 heavy (non-hydrogen) atoms. The first-order valence-corrected chi connectivity index (χ1v) is 3.68. The molecule has 0 aromatic rings. The lowest BCUT2D eigenvalue weighted by Gasteiger charge is -2.01.